The second kappa shape index (κ2) is 12.2. The van der Waals surface area contributed by atoms with E-state index in [9.17, 15) is 14.7 Å². The number of amidine groups is 1. The number of amides is 2. The fourth-order valence-electron chi connectivity index (χ4n) is 7.42. The number of β-amino-alcohol motifs (C(OH)–C–C–N with tert-alkyl or cyclic N) is 1. The summed E-state index contributed by atoms with van der Waals surface area (Å²) in [6, 6.07) is 14.7. The van der Waals surface area contributed by atoms with Crippen LogP contribution in [0, 0.1) is 5.92 Å². The molecule has 6 rings (SSSR count). The topological polar surface area (TPSA) is 79.7 Å². The fourth-order valence-corrected chi connectivity index (χ4v) is 9.02. The number of fused-ring (bicyclic) bond motifs is 1. The van der Waals surface area contributed by atoms with Gasteiger partial charge in [-0.1, -0.05) is 61.3 Å². The van der Waals surface area contributed by atoms with Crippen LogP contribution in [0.3, 0.4) is 0 Å². The van der Waals surface area contributed by atoms with E-state index in [1.807, 2.05) is 74.4 Å². The second-order valence-electron chi connectivity index (χ2n) is 13.3. The van der Waals surface area contributed by atoms with E-state index in [4.69, 9.17) is 28.2 Å². The van der Waals surface area contributed by atoms with Gasteiger partial charge in [-0.15, -0.1) is 0 Å². The Morgan fingerprint density at radius 1 is 1.02 bits per heavy atom. The number of hydrogen-bond donors (Lipinski definition) is 1. The zero-order chi connectivity index (χ0) is 32.4. The van der Waals surface area contributed by atoms with Crippen LogP contribution >= 0.6 is 35.0 Å². The highest BCUT2D eigenvalue weighted by Gasteiger charge is 2.54. The minimum atomic E-state index is -0.658. The number of rotatable bonds is 6. The van der Waals surface area contributed by atoms with Crippen molar-refractivity contribution in [2.45, 2.75) is 76.3 Å². The van der Waals surface area contributed by atoms with Gasteiger partial charge in [-0.3, -0.25) is 9.59 Å². The lowest BCUT2D eigenvalue weighted by Crippen LogP contribution is -2.50. The van der Waals surface area contributed by atoms with Crippen molar-refractivity contribution in [2.75, 3.05) is 27.2 Å². The van der Waals surface area contributed by atoms with Gasteiger partial charge in [-0.05, 0) is 93.9 Å². The molecule has 2 aromatic carbocycles. The molecule has 0 saturated carbocycles. The van der Waals surface area contributed by atoms with E-state index in [-0.39, 0.29) is 42.4 Å². The van der Waals surface area contributed by atoms with Gasteiger partial charge < -0.3 is 24.7 Å². The van der Waals surface area contributed by atoms with Crippen molar-refractivity contribution in [2.24, 2.45) is 10.9 Å². The number of likely N-dealkylation sites (tertiary alicyclic amines) is 2. The lowest BCUT2D eigenvalue weighted by atomic mass is 9.81. The van der Waals surface area contributed by atoms with Crippen molar-refractivity contribution >= 4 is 51.9 Å². The smallest absolute Gasteiger partial charge is 0.263 e. The summed E-state index contributed by atoms with van der Waals surface area (Å²) >= 11 is 14.0. The van der Waals surface area contributed by atoms with Crippen LogP contribution in [0.25, 0.3) is 0 Å². The summed E-state index contributed by atoms with van der Waals surface area (Å²) in [6.07, 6.45) is 0.738. The number of thioether (sulfide) groups is 1. The Morgan fingerprint density at radius 2 is 1.64 bits per heavy atom. The first-order valence-corrected chi connectivity index (χ1v) is 17.2. The van der Waals surface area contributed by atoms with Crippen LogP contribution in [0.5, 0.6) is 0 Å². The van der Waals surface area contributed by atoms with Crippen molar-refractivity contribution in [1.29, 1.82) is 0 Å². The number of aliphatic imine (C=N–C) groups is 1. The Balaban J connectivity index is 1.37. The SMILES string of the molecule is CC(C)C1=C(C(=O)N2[C@H](C)CC[C@@H]2C(=O)N2C[C@@H](O)[C@H](N(C)C)C2)SC2=N[C@@](C)(c3ccc(Cl)cc3)[C@@H](c3ccc(Cl)cc3)N21. The van der Waals surface area contributed by atoms with Gasteiger partial charge in [-0.25, -0.2) is 4.99 Å². The van der Waals surface area contributed by atoms with Crippen molar-refractivity contribution in [1.82, 2.24) is 19.6 Å². The van der Waals surface area contributed by atoms with Crippen LogP contribution in [0.2, 0.25) is 10.0 Å². The van der Waals surface area contributed by atoms with E-state index >= 15 is 0 Å². The van der Waals surface area contributed by atoms with E-state index in [1.54, 1.807) is 9.80 Å². The highest BCUT2D eigenvalue weighted by Crippen LogP contribution is 2.56. The Hall–Kier alpha value is -2.56. The summed E-state index contributed by atoms with van der Waals surface area (Å²) in [5.41, 5.74) is 2.31. The molecule has 2 amide bonds. The predicted octanol–water partition coefficient (Wildman–Crippen LogP) is 5.75. The second-order valence-corrected chi connectivity index (χ2v) is 15.2. The van der Waals surface area contributed by atoms with Gasteiger partial charge in [0.05, 0.1) is 18.2 Å². The predicted molar refractivity (Wildman–Crippen MR) is 181 cm³/mol. The van der Waals surface area contributed by atoms with Crippen LogP contribution in [0.1, 0.15) is 57.7 Å². The first kappa shape index (κ1) is 32.4. The molecule has 2 aromatic rings. The third-order valence-electron chi connectivity index (χ3n) is 9.79. The van der Waals surface area contributed by atoms with Crippen LogP contribution < -0.4 is 0 Å². The molecule has 0 aromatic heterocycles. The summed E-state index contributed by atoms with van der Waals surface area (Å²) in [4.78, 5) is 42.2. The Bertz CT molecular complexity index is 1550. The Kier molecular flexibility index (Phi) is 8.80. The molecule has 0 unspecified atom stereocenters. The highest BCUT2D eigenvalue weighted by molar-refractivity contribution is 8.18. The van der Waals surface area contributed by atoms with Crippen molar-refractivity contribution < 1.29 is 14.7 Å². The standard InChI is InChI=1S/C34H41Cl2N5O3S/c1-19(2)28-29(32(44)40-20(3)7-16-25(40)31(43)39-17-26(38(5)6)27(42)18-39)45-33-37-34(4,22-10-14-24(36)15-11-22)30(41(28)33)21-8-12-23(35)13-9-21/h8-15,19-20,25-27,30,42H,7,16-18H2,1-6H3/t20-,25-,26-,27-,30-,34+/m1/s1. The van der Waals surface area contributed by atoms with Gasteiger partial charge in [-0.2, -0.15) is 0 Å². The minimum Gasteiger partial charge on any atom is -0.390 e. The maximum Gasteiger partial charge on any atom is 0.263 e. The number of carbonyl (C=O) groups is 2. The van der Waals surface area contributed by atoms with E-state index in [0.29, 0.717) is 27.9 Å². The zero-order valence-corrected chi connectivity index (χ0v) is 28.9. The van der Waals surface area contributed by atoms with E-state index in [1.165, 1.54) is 11.8 Å². The van der Waals surface area contributed by atoms with Crippen molar-refractivity contribution in [3.8, 4) is 0 Å². The lowest BCUT2D eigenvalue weighted by molar-refractivity contribution is -0.142. The van der Waals surface area contributed by atoms with Gasteiger partial charge in [0.15, 0.2) is 5.17 Å². The maximum atomic E-state index is 14.6. The van der Waals surface area contributed by atoms with Crippen molar-refractivity contribution in [3.63, 3.8) is 0 Å². The molecule has 2 saturated heterocycles. The van der Waals surface area contributed by atoms with Crippen LogP contribution in [0.4, 0.5) is 0 Å². The van der Waals surface area contributed by atoms with Gasteiger partial charge in [0, 0.05) is 34.9 Å². The van der Waals surface area contributed by atoms with E-state index in [2.05, 4.69) is 25.7 Å². The molecular weight excluding hydrogens is 629 g/mol. The number of likely N-dealkylation sites (N-methyl/N-ethyl adjacent to an activating group) is 1. The molecule has 4 aliphatic rings. The third kappa shape index (κ3) is 5.58. The summed E-state index contributed by atoms with van der Waals surface area (Å²) in [5, 5.41) is 12.7. The molecule has 0 radical (unpaired) electrons. The first-order chi connectivity index (χ1) is 21.3. The molecule has 4 heterocycles. The monoisotopic (exact) mass is 669 g/mol. The summed E-state index contributed by atoms with van der Waals surface area (Å²) in [7, 11) is 3.83. The minimum absolute atomic E-state index is 0.00755. The number of hydrogen-bond acceptors (Lipinski definition) is 7. The fraction of sp³-hybridized carbons (Fsp3) is 0.500. The Morgan fingerprint density at radius 3 is 2.22 bits per heavy atom. The largest absolute Gasteiger partial charge is 0.390 e. The number of nitrogens with zero attached hydrogens (tertiary/aromatic N) is 5. The number of aliphatic hydroxyl groups excluding tert-OH is 1. The quantitative estimate of drug-likeness (QED) is 0.422. The molecule has 0 spiro atoms. The van der Waals surface area contributed by atoms with Gasteiger partial charge in [0.2, 0.25) is 5.91 Å². The number of aliphatic hydroxyl groups is 1. The number of carbonyl (C=O) groups excluding carboxylic acids is 2. The number of benzene rings is 2. The van der Waals surface area contributed by atoms with E-state index in [0.717, 1.165) is 28.4 Å². The summed E-state index contributed by atoms with van der Waals surface area (Å²) in [6.45, 7) is 9.08. The van der Waals surface area contributed by atoms with E-state index < -0.39 is 17.7 Å². The molecule has 6 atom stereocenters. The first-order valence-electron chi connectivity index (χ1n) is 15.6. The third-order valence-corrected chi connectivity index (χ3v) is 11.4. The molecule has 0 bridgehead atoms. The molecule has 0 aliphatic carbocycles. The Labute approximate surface area is 280 Å². The van der Waals surface area contributed by atoms with Gasteiger partial charge >= 0.3 is 0 Å². The summed E-state index contributed by atoms with van der Waals surface area (Å²) < 4.78 is 0. The highest BCUT2D eigenvalue weighted by atomic mass is 35.5. The molecule has 240 valence electrons. The zero-order valence-electron chi connectivity index (χ0n) is 26.6. The molecule has 11 heteroatoms. The normalized spacial score (nSPS) is 29.8. The number of allylic oxidation sites excluding steroid dienone is 1. The molecule has 2 fully saturated rings. The molecule has 1 N–H and O–H groups in total. The summed E-state index contributed by atoms with van der Waals surface area (Å²) in [5.74, 6) is -0.206. The van der Waals surface area contributed by atoms with Gasteiger partial charge in [0.25, 0.3) is 5.91 Å². The number of halogens is 2. The van der Waals surface area contributed by atoms with Crippen molar-refractivity contribution in [3.05, 3.63) is 80.3 Å². The average Bonchev–Trinajstić information content (AvgIpc) is 3.74. The van der Waals surface area contributed by atoms with Gasteiger partial charge in [0.1, 0.15) is 16.5 Å². The van der Waals surface area contributed by atoms with Crippen LogP contribution in [0.15, 0.2) is 64.1 Å². The van der Waals surface area contributed by atoms with Crippen LogP contribution in [-0.2, 0) is 15.1 Å². The maximum absolute atomic E-state index is 14.6. The lowest BCUT2D eigenvalue weighted by Gasteiger charge is -2.37. The molecule has 8 nitrogen and oxygen atoms in total. The van der Waals surface area contributed by atoms with Crippen LogP contribution in [-0.4, -0.2) is 93.1 Å². The molecular formula is C34H41Cl2N5O3S. The molecule has 4 aliphatic heterocycles. The molecule has 45 heavy (non-hydrogen) atoms. The average molecular weight is 671 g/mol.